The summed E-state index contributed by atoms with van der Waals surface area (Å²) in [4.78, 5) is 4.49. The quantitative estimate of drug-likeness (QED) is 0.787. The molecule has 2 aromatic rings. The Labute approximate surface area is 132 Å². The summed E-state index contributed by atoms with van der Waals surface area (Å²) >= 11 is 0. The van der Waals surface area contributed by atoms with E-state index >= 15 is 0 Å². The first kappa shape index (κ1) is 16.5. The van der Waals surface area contributed by atoms with Gasteiger partial charge in [0, 0.05) is 18.7 Å². The number of aliphatic hydroxyl groups is 1. The van der Waals surface area contributed by atoms with Gasteiger partial charge in [0.05, 0.1) is 12.3 Å². The normalized spacial score (nSPS) is 12.4. The monoisotopic (exact) mass is 300 g/mol. The fourth-order valence-electron chi connectivity index (χ4n) is 2.11. The van der Waals surface area contributed by atoms with Crippen LogP contribution in [0.5, 0.6) is 5.88 Å². The Hall–Kier alpha value is -1.91. The van der Waals surface area contributed by atoms with Crippen LogP contribution in [0, 0.1) is 5.92 Å². The zero-order valence-electron chi connectivity index (χ0n) is 13.2. The minimum Gasteiger partial charge on any atom is -0.473 e. The number of pyridine rings is 1. The molecule has 1 aromatic heterocycles. The van der Waals surface area contributed by atoms with Crippen LogP contribution in [-0.4, -0.2) is 22.7 Å². The van der Waals surface area contributed by atoms with Gasteiger partial charge < -0.3 is 15.2 Å². The second kappa shape index (κ2) is 8.51. The minimum atomic E-state index is 0.0793. The van der Waals surface area contributed by atoms with E-state index in [2.05, 4.69) is 24.1 Å². The average Bonchev–Trinajstić information content (AvgIpc) is 2.54. The van der Waals surface area contributed by atoms with E-state index in [4.69, 9.17) is 4.74 Å². The van der Waals surface area contributed by atoms with Crippen LogP contribution in [0.1, 0.15) is 25.1 Å². The molecule has 0 saturated carbocycles. The molecule has 0 aliphatic rings. The van der Waals surface area contributed by atoms with Crippen molar-refractivity contribution >= 4 is 0 Å². The molecular weight excluding hydrogens is 276 g/mol. The zero-order chi connectivity index (χ0) is 15.8. The molecule has 0 bridgehead atoms. The summed E-state index contributed by atoms with van der Waals surface area (Å²) in [5, 5.41) is 12.6. The van der Waals surface area contributed by atoms with Crippen LogP contribution in [0.2, 0.25) is 0 Å². The average molecular weight is 300 g/mol. The van der Waals surface area contributed by atoms with Crippen LogP contribution >= 0.6 is 0 Å². The number of nitrogens with zero attached hydrogens (tertiary/aromatic N) is 1. The van der Waals surface area contributed by atoms with Crippen molar-refractivity contribution in [2.45, 2.75) is 33.0 Å². The maximum Gasteiger partial charge on any atom is 0.213 e. The van der Waals surface area contributed by atoms with Crippen molar-refractivity contribution in [2.24, 2.45) is 5.92 Å². The third kappa shape index (κ3) is 5.13. The Kier molecular flexibility index (Phi) is 6.37. The minimum absolute atomic E-state index is 0.0793. The summed E-state index contributed by atoms with van der Waals surface area (Å²) in [6, 6.07) is 15.9. The number of nitrogens with one attached hydrogen (secondary N) is 1. The number of aliphatic hydroxyl groups excluding tert-OH is 1. The standard InChI is InChI=1S/C18H24N2O2/c1-14(2)17(12-21)19-11-16-9-6-10-18(20-16)22-13-15-7-4-3-5-8-15/h3-10,14,17,19,21H,11-13H2,1-2H3/t17-/m0/s1. The molecule has 118 valence electrons. The SMILES string of the molecule is CC(C)[C@H](CO)NCc1cccc(OCc2ccccc2)n1. The molecule has 1 heterocycles. The summed E-state index contributed by atoms with van der Waals surface area (Å²) in [6.45, 7) is 5.42. The first-order chi connectivity index (χ1) is 10.7. The highest BCUT2D eigenvalue weighted by Crippen LogP contribution is 2.11. The summed E-state index contributed by atoms with van der Waals surface area (Å²) in [7, 11) is 0. The lowest BCUT2D eigenvalue weighted by Crippen LogP contribution is -2.36. The Morgan fingerprint density at radius 1 is 1.09 bits per heavy atom. The smallest absolute Gasteiger partial charge is 0.213 e. The van der Waals surface area contributed by atoms with Crippen molar-refractivity contribution in [3.8, 4) is 5.88 Å². The molecule has 2 N–H and O–H groups in total. The van der Waals surface area contributed by atoms with Crippen LogP contribution in [0.15, 0.2) is 48.5 Å². The van der Waals surface area contributed by atoms with Crippen molar-refractivity contribution in [1.29, 1.82) is 0 Å². The lowest BCUT2D eigenvalue weighted by atomic mass is 10.1. The van der Waals surface area contributed by atoms with E-state index < -0.39 is 0 Å². The summed E-state index contributed by atoms with van der Waals surface area (Å²) in [5.41, 5.74) is 2.03. The molecular formula is C18H24N2O2. The van der Waals surface area contributed by atoms with E-state index in [9.17, 15) is 5.11 Å². The molecule has 0 unspecified atom stereocenters. The summed E-state index contributed by atoms with van der Waals surface area (Å²) in [6.07, 6.45) is 0. The number of benzene rings is 1. The van der Waals surface area contributed by atoms with Gasteiger partial charge in [0.1, 0.15) is 6.61 Å². The van der Waals surface area contributed by atoms with E-state index in [1.807, 2.05) is 48.5 Å². The molecule has 0 aliphatic heterocycles. The van der Waals surface area contributed by atoms with Gasteiger partial charge in [0.2, 0.25) is 5.88 Å². The molecule has 0 amide bonds. The predicted molar refractivity (Wildman–Crippen MR) is 87.6 cm³/mol. The Morgan fingerprint density at radius 3 is 2.55 bits per heavy atom. The lowest BCUT2D eigenvalue weighted by Gasteiger charge is -2.19. The number of aromatic nitrogens is 1. The van der Waals surface area contributed by atoms with Crippen LogP contribution < -0.4 is 10.1 Å². The number of ether oxygens (including phenoxy) is 1. The Bertz CT molecular complexity index is 558. The van der Waals surface area contributed by atoms with Crippen LogP contribution in [-0.2, 0) is 13.2 Å². The molecule has 0 spiro atoms. The van der Waals surface area contributed by atoms with Crippen molar-refractivity contribution in [3.05, 3.63) is 59.8 Å². The highest BCUT2D eigenvalue weighted by molar-refractivity contribution is 5.18. The van der Waals surface area contributed by atoms with Crippen molar-refractivity contribution in [1.82, 2.24) is 10.3 Å². The first-order valence-electron chi connectivity index (χ1n) is 7.66. The number of hydrogen-bond acceptors (Lipinski definition) is 4. The molecule has 22 heavy (non-hydrogen) atoms. The number of hydrogen-bond donors (Lipinski definition) is 2. The molecule has 1 aromatic carbocycles. The van der Waals surface area contributed by atoms with Gasteiger partial charge in [-0.25, -0.2) is 4.98 Å². The Morgan fingerprint density at radius 2 is 1.86 bits per heavy atom. The molecule has 0 aliphatic carbocycles. The summed E-state index contributed by atoms with van der Waals surface area (Å²) < 4.78 is 5.73. The van der Waals surface area contributed by atoms with Crippen LogP contribution in [0.3, 0.4) is 0 Å². The van der Waals surface area contributed by atoms with E-state index in [1.54, 1.807) is 0 Å². The van der Waals surface area contributed by atoms with Gasteiger partial charge in [-0.2, -0.15) is 0 Å². The molecule has 0 fully saturated rings. The molecule has 4 heteroatoms. The van der Waals surface area contributed by atoms with E-state index in [-0.39, 0.29) is 12.6 Å². The second-order valence-corrected chi connectivity index (χ2v) is 5.66. The summed E-state index contributed by atoms with van der Waals surface area (Å²) in [5.74, 6) is 0.996. The van der Waals surface area contributed by atoms with Gasteiger partial charge in [0.25, 0.3) is 0 Å². The maximum absolute atomic E-state index is 9.33. The fraction of sp³-hybridized carbons (Fsp3) is 0.389. The van der Waals surface area contributed by atoms with E-state index in [1.165, 1.54) is 0 Å². The molecule has 0 radical (unpaired) electrons. The topological polar surface area (TPSA) is 54.4 Å². The van der Waals surface area contributed by atoms with Crippen molar-refractivity contribution < 1.29 is 9.84 Å². The van der Waals surface area contributed by atoms with Crippen molar-refractivity contribution in [3.63, 3.8) is 0 Å². The van der Waals surface area contributed by atoms with Gasteiger partial charge in [-0.15, -0.1) is 0 Å². The van der Waals surface area contributed by atoms with E-state index in [0.717, 1.165) is 11.3 Å². The van der Waals surface area contributed by atoms with Crippen LogP contribution in [0.25, 0.3) is 0 Å². The lowest BCUT2D eigenvalue weighted by molar-refractivity contribution is 0.209. The van der Waals surface area contributed by atoms with Gasteiger partial charge in [0.15, 0.2) is 0 Å². The second-order valence-electron chi connectivity index (χ2n) is 5.66. The third-order valence-corrected chi connectivity index (χ3v) is 3.56. The molecule has 2 rings (SSSR count). The highest BCUT2D eigenvalue weighted by Gasteiger charge is 2.11. The third-order valence-electron chi connectivity index (χ3n) is 3.56. The molecule has 4 nitrogen and oxygen atoms in total. The van der Waals surface area contributed by atoms with Gasteiger partial charge in [-0.1, -0.05) is 50.2 Å². The van der Waals surface area contributed by atoms with E-state index in [0.29, 0.717) is 24.9 Å². The van der Waals surface area contributed by atoms with Gasteiger partial charge in [-0.3, -0.25) is 0 Å². The van der Waals surface area contributed by atoms with Gasteiger partial charge >= 0.3 is 0 Å². The highest BCUT2D eigenvalue weighted by atomic mass is 16.5. The van der Waals surface area contributed by atoms with Gasteiger partial charge in [-0.05, 0) is 17.5 Å². The fourth-order valence-corrected chi connectivity index (χ4v) is 2.11. The molecule has 0 saturated heterocycles. The largest absolute Gasteiger partial charge is 0.473 e. The Balaban J connectivity index is 1.89. The maximum atomic E-state index is 9.33. The van der Waals surface area contributed by atoms with Crippen LogP contribution in [0.4, 0.5) is 0 Å². The van der Waals surface area contributed by atoms with Crippen molar-refractivity contribution in [2.75, 3.05) is 6.61 Å². The number of rotatable bonds is 8. The predicted octanol–water partition coefficient (Wildman–Crippen LogP) is 2.77. The first-order valence-corrected chi connectivity index (χ1v) is 7.66. The molecule has 1 atom stereocenters. The zero-order valence-corrected chi connectivity index (χ0v) is 13.2.